The summed E-state index contributed by atoms with van der Waals surface area (Å²) in [5.41, 5.74) is 3.43. The maximum absolute atomic E-state index is 2.77. The van der Waals surface area contributed by atoms with Gasteiger partial charge in [0.1, 0.15) is 0 Å². The van der Waals surface area contributed by atoms with E-state index in [1.165, 1.54) is 92.2 Å². The van der Waals surface area contributed by atoms with E-state index in [0.717, 1.165) is 6.54 Å². The topological polar surface area (TPSA) is 6.48 Å². The predicted molar refractivity (Wildman–Crippen MR) is 127 cm³/mol. The van der Waals surface area contributed by atoms with E-state index in [9.17, 15) is 0 Å². The van der Waals surface area contributed by atoms with Crippen LogP contribution in [0.1, 0.15) is 51.4 Å². The van der Waals surface area contributed by atoms with Crippen molar-refractivity contribution in [3.63, 3.8) is 0 Å². The van der Waals surface area contributed by atoms with Crippen LogP contribution in [0.3, 0.4) is 0 Å². The number of nitrogens with zero attached hydrogens (tertiary/aromatic N) is 2. The second kappa shape index (κ2) is 9.32. The minimum atomic E-state index is 0. The monoisotopic (exact) mass is 428 g/mol. The van der Waals surface area contributed by atoms with Crippen molar-refractivity contribution in [3.05, 3.63) is 48.5 Å². The molecule has 3 aliphatic rings. The minimum Gasteiger partial charge on any atom is -0.340 e. The van der Waals surface area contributed by atoms with Crippen LogP contribution in [0.15, 0.2) is 58.3 Å². The molecule has 156 valence electrons. The highest BCUT2D eigenvalue weighted by atomic mass is 35.5. The number of hydrogen-bond donors (Lipinski definition) is 0. The summed E-state index contributed by atoms with van der Waals surface area (Å²) >= 11 is 1.91. The third-order valence-electron chi connectivity index (χ3n) is 7.07. The molecule has 2 nitrogen and oxygen atoms in total. The smallest absolute Gasteiger partial charge is 0.0552 e. The average molecular weight is 429 g/mol. The van der Waals surface area contributed by atoms with Gasteiger partial charge in [-0.25, -0.2) is 0 Å². The van der Waals surface area contributed by atoms with Crippen LogP contribution >= 0.6 is 24.2 Å². The zero-order valence-corrected chi connectivity index (χ0v) is 18.9. The van der Waals surface area contributed by atoms with Crippen molar-refractivity contribution >= 4 is 35.5 Å². The van der Waals surface area contributed by atoms with E-state index in [4.69, 9.17) is 0 Å². The predicted octanol–water partition coefficient (Wildman–Crippen LogP) is 7.15. The molecule has 1 saturated carbocycles. The van der Waals surface area contributed by atoms with Gasteiger partial charge in [0.25, 0.3) is 0 Å². The molecule has 5 rings (SSSR count). The first-order chi connectivity index (χ1) is 13.8. The number of fused-ring (bicyclic) bond motifs is 2. The Morgan fingerprint density at radius 1 is 0.759 bits per heavy atom. The number of anilines is 2. The Morgan fingerprint density at radius 3 is 2.03 bits per heavy atom. The molecular weight excluding hydrogens is 396 g/mol. The van der Waals surface area contributed by atoms with Gasteiger partial charge in [-0.3, -0.25) is 0 Å². The highest BCUT2D eigenvalue weighted by Gasteiger charge is 2.37. The zero-order valence-electron chi connectivity index (χ0n) is 17.3. The molecule has 0 radical (unpaired) electrons. The highest BCUT2D eigenvalue weighted by Crippen LogP contribution is 2.48. The molecular formula is C25H33ClN2S. The second-order valence-electron chi connectivity index (χ2n) is 8.98. The summed E-state index contributed by atoms with van der Waals surface area (Å²) in [4.78, 5) is 8.10. The average Bonchev–Trinajstić information content (AvgIpc) is 2.98. The summed E-state index contributed by atoms with van der Waals surface area (Å²) in [6, 6.07) is 17.8. The lowest BCUT2D eigenvalue weighted by molar-refractivity contribution is 0.227. The van der Waals surface area contributed by atoms with E-state index < -0.39 is 0 Å². The van der Waals surface area contributed by atoms with E-state index in [1.807, 2.05) is 11.8 Å². The van der Waals surface area contributed by atoms with Gasteiger partial charge in [0, 0.05) is 22.9 Å². The Hall–Kier alpha value is -1.16. The number of halogens is 1. The number of benzene rings is 2. The van der Waals surface area contributed by atoms with E-state index in [-0.39, 0.29) is 12.4 Å². The summed E-state index contributed by atoms with van der Waals surface area (Å²) in [6.07, 6.45) is 11.5. The van der Waals surface area contributed by atoms with E-state index in [1.54, 1.807) is 0 Å². The molecule has 0 aromatic heterocycles. The van der Waals surface area contributed by atoms with E-state index >= 15 is 0 Å². The van der Waals surface area contributed by atoms with Gasteiger partial charge >= 0.3 is 0 Å². The van der Waals surface area contributed by atoms with Gasteiger partial charge in [0.15, 0.2) is 0 Å². The number of para-hydroxylation sites is 2. The van der Waals surface area contributed by atoms with Crippen LogP contribution in [0.5, 0.6) is 0 Å². The summed E-state index contributed by atoms with van der Waals surface area (Å²) in [6.45, 7) is 5.03. The van der Waals surface area contributed by atoms with Crippen LogP contribution in [0, 0.1) is 5.41 Å². The van der Waals surface area contributed by atoms with Crippen molar-refractivity contribution in [3.8, 4) is 0 Å². The first-order valence-electron chi connectivity index (χ1n) is 11.2. The van der Waals surface area contributed by atoms with Gasteiger partial charge in [-0.05, 0) is 68.5 Å². The van der Waals surface area contributed by atoms with Gasteiger partial charge in [-0.1, -0.05) is 61.7 Å². The molecule has 29 heavy (non-hydrogen) atoms. The first-order valence-corrected chi connectivity index (χ1v) is 12.0. The number of rotatable bonds is 4. The Morgan fingerprint density at radius 2 is 1.38 bits per heavy atom. The standard InChI is InChI=1S/C25H32N2S.ClH/c1-2-8-15-25(14-7-1)16-19-26(20-25)17-9-18-27-21-10-3-5-12-23(21)28-24-13-6-4-11-22(24)27;/h3-6,10-13H,1-2,7-9,14-20H2;1H. The first kappa shape index (κ1) is 21.1. The molecule has 1 saturated heterocycles. The maximum atomic E-state index is 2.77. The van der Waals surface area contributed by atoms with Gasteiger partial charge in [0.05, 0.1) is 11.4 Å². The SMILES string of the molecule is Cl.c1ccc2c(c1)Sc1ccccc1N2CCCN1CCC2(CCCCCC2)C1. The Bertz CT molecular complexity index is 770. The third-order valence-corrected chi connectivity index (χ3v) is 8.20. The fourth-order valence-electron chi connectivity index (χ4n) is 5.58. The Labute approximate surface area is 186 Å². The Balaban J connectivity index is 0.00000205. The lowest BCUT2D eigenvalue weighted by atomic mass is 9.80. The molecule has 2 aromatic rings. The van der Waals surface area contributed by atoms with Crippen LogP contribution in [-0.2, 0) is 0 Å². The van der Waals surface area contributed by atoms with E-state index in [2.05, 4.69) is 58.3 Å². The molecule has 2 aliphatic heterocycles. The fraction of sp³-hybridized carbons (Fsp3) is 0.520. The molecule has 1 aliphatic carbocycles. The molecule has 2 aromatic carbocycles. The molecule has 4 heteroatoms. The van der Waals surface area contributed by atoms with Gasteiger partial charge in [-0.15, -0.1) is 12.4 Å². The second-order valence-corrected chi connectivity index (χ2v) is 10.1. The van der Waals surface area contributed by atoms with Crippen molar-refractivity contribution in [1.82, 2.24) is 4.90 Å². The normalized spacial score (nSPS) is 20.6. The molecule has 1 spiro atoms. The molecule has 0 amide bonds. The van der Waals surface area contributed by atoms with Gasteiger partial charge in [-0.2, -0.15) is 0 Å². The molecule has 0 N–H and O–H groups in total. The molecule has 0 unspecified atom stereocenters. The van der Waals surface area contributed by atoms with Crippen molar-refractivity contribution in [2.45, 2.75) is 61.2 Å². The lowest BCUT2D eigenvalue weighted by Crippen LogP contribution is -2.30. The van der Waals surface area contributed by atoms with Crippen molar-refractivity contribution in [1.29, 1.82) is 0 Å². The van der Waals surface area contributed by atoms with Crippen LogP contribution in [0.25, 0.3) is 0 Å². The maximum Gasteiger partial charge on any atom is 0.0552 e. The zero-order chi connectivity index (χ0) is 18.8. The molecule has 0 bridgehead atoms. The van der Waals surface area contributed by atoms with Crippen LogP contribution in [0.2, 0.25) is 0 Å². The van der Waals surface area contributed by atoms with Crippen molar-refractivity contribution in [2.75, 3.05) is 31.1 Å². The largest absolute Gasteiger partial charge is 0.340 e. The summed E-state index contributed by atoms with van der Waals surface area (Å²) < 4.78 is 0. The molecule has 2 fully saturated rings. The number of hydrogen-bond acceptors (Lipinski definition) is 3. The molecule has 0 atom stereocenters. The third kappa shape index (κ3) is 4.47. The minimum absolute atomic E-state index is 0. The summed E-state index contributed by atoms with van der Waals surface area (Å²) in [5.74, 6) is 0. The van der Waals surface area contributed by atoms with Crippen molar-refractivity contribution in [2.24, 2.45) is 5.41 Å². The quantitative estimate of drug-likeness (QED) is 0.510. The Kier molecular flexibility index (Phi) is 6.78. The van der Waals surface area contributed by atoms with Crippen LogP contribution < -0.4 is 4.90 Å². The van der Waals surface area contributed by atoms with Crippen molar-refractivity contribution < 1.29 is 0 Å². The molecule has 2 heterocycles. The summed E-state index contributed by atoms with van der Waals surface area (Å²) in [5, 5.41) is 0. The fourth-order valence-corrected chi connectivity index (χ4v) is 6.68. The van der Waals surface area contributed by atoms with Gasteiger partial charge in [0.2, 0.25) is 0 Å². The highest BCUT2D eigenvalue weighted by molar-refractivity contribution is 7.99. The summed E-state index contributed by atoms with van der Waals surface area (Å²) in [7, 11) is 0. The number of likely N-dealkylation sites (tertiary alicyclic amines) is 1. The van der Waals surface area contributed by atoms with Gasteiger partial charge < -0.3 is 9.80 Å². The van der Waals surface area contributed by atoms with Crippen LogP contribution in [-0.4, -0.2) is 31.1 Å². The van der Waals surface area contributed by atoms with Crippen LogP contribution in [0.4, 0.5) is 11.4 Å². The lowest BCUT2D eigenvalue weighted by Gasteiger charge is -2.33. The van der Waals surface area contributed by atoms with E-state index in [0.29, 0.717) is 5.41 Å².